The fourth-order valence-corrected chi connectivity index (χ4v) is 9.79. The first-order chi connectivity index (χ1) is 29.6. The first-order valence-electron chi connectivity index (χ1n) is 21.8. The van der Waals surface area contributed by atoms with E-state index in [-0.39, 0.29) is 57.0 Å². The van der Waals surface area contributed by atoms with E-state index < -0.39 is 115 Å². The van der Waals surface area contributed by atoms with Crippen molar-refractivity contribution in [2.75, 3.05) is 33.7 Å². The first-order valence-corrected chi connectivity index (χ1v) is 22.5. The minimum absolute atomic E-state index is 0.0565. The van der Waals surface area contributed by atoms with Crippen LogP contribution in [-0.2, 0) is 40.0 Å². The van der Waals surface area contributed by atoms with E-state index in [4.69, 9.17) is 23.2 Å². The summed E-state index contributed by atoms with van der Waals surface area (Å²) in [5.74, 6) is -5.47. The van der Waals surface area contributed by atoms with E-state index in [9.17, 15) is 51.1 Å². The molecule has 3 heterocycles. The summed E-state index contributed by atoms with van der Waals surface area (Å²) < 4.78 is 57.7. The average Bonchev–Trinajstić information content (AvgIpc) is 4.01. The summed E-state index contributed by atoms with van der Waals surface area (Å²) in [5.41, 5.74) is -2.24. The van der Waals surface area contributed by atoms with E-state index in [0.29, 0.717) is 46.2 Å². The SMILES string of the molecule is CC(C)C[C@@H]1NC(=O)[C@@H](N(C)C(=O)[C@H](C)NC(=O)[C@@H]2C[C@@H](F)CN2C(=O)C2(C(F)(F)F)CCCC2)CCCCNC(=O)[C@H]2CCCN2C(=O)[C@H](Cc2cc(Cl)ccc2Cl)N(C)C1=O. The Morgan fingerprint density at radius 1 is 0.968 bits per heavy atom. The Morgan fingerprint density at radius 2 is 1.65 bits per heavy atom. The maximum Gasteiger partial charge on any atom is 0.403 e. The molecular weight excluding hydrogens is 873 g/mol. The second-order valence-corrected chi connectivity index (χ2v) is 18.7. The summed E-state index contributed by atoms with van der Waals surface area (Å²) >= 11 is 12.8. The number of amides is 7. The molecule has 1 aromatic carbocycles. The lowest BCUT2D eigenvalue weighted by Crippen LogP contribution is -2.60. The van der Waals surface area contributed by atoms with E-state index in [0.717, 1.165) is 4.90 Å². The first kappa shape index (κ1) is 49.8. The van der Waals surface area contributed by atoms with Gasteiger partial charge in [0.15, 0.2) is 0 Å². The van der Waals surface area contributed by atoms with Crippen LogP contribution in [0.1, 0.15) is 97.0 Å². The number of hydrogen-bond donors (Lipinski definition) is 3. The van der Waals surface area contributed by atoms with Gasteiger partial charge in [-0.15, -0.1) is 0 Å². The van der Waals surface area contributed by atoms with Gasteiger partial charge in [-0.05, 0) is 88.0 Å². The fraction of sp³-hybridized carbons (Fsp3) is 0.698. The number of alkyl halides is 4. The van der Waals surface area contributed by atoms with Gasteiger partial charge < -0.3 is 35.6 Å². The molecule has 63 heavy (non-hydrogen) atoms. The lowest BCUT2D eigenvalue weighted by molar-refractivity contribution is -0.226. The third kappa shape index (κ3) is 11.2. The van der Waals surface area contributed by atoms with Crippen molar-refractivity contribution in [1.82, 2.24) is 35.6 Å². The number of likely N-dealkylation sites (tertiary alicyclic amines) is 1. The number of nitrogens with zero attached hydrogens (tertiary/aromatic N) is 4. The van der Waals surface area contributed by atoms with Crippen LogP contribution in [0.3, 0.4) is 0 Å². The van der Waals surface area contributed by atoms with Gasteiger partial charge in [0.05, 0.1) is 6.54 Å². The van der Waals surface area contributed by atoms with Crippen molar-refractivity contribution in [3.05, 3.63) is 33.8 Å². The van der Waals surface area contributed by atoms with Crippen LogP contribution >= 0.6 is 23.2 Å². The van der Waals surface area contributed by atoms with Crippen LogP contribution in [0.2, 0.25) is 10.0 Å². The highest BCUT2D eigenvalue weighted by atomic mass is 35.5. The molecule has 1 aliphatic carbocycles. The van der Waals surface area contributed by atoms with Crippen LogP contribution < -0.4 is 16.0 Å². The van der Waals surface area contributed by atoms with Crippen LogP contribution in [0.25, 0.3) is 0 Å². The van der Waals surface area contributed by atoms with Crippen LogP contribution in [0.15, 0.2) is 18.2 Å². The fourth-order valence-electron chi connectivity index (χ4n) is 9.41. The summed E-state index contributed by atoms with van der Waals surface area (Å²) in [4.78, 5) is 102. The molecular formula is C43H59Cl2F4N7O7. The van der Waals surface area contributed by atoms with Crippen LogP contribution in [-0.4, -0.2) is 143 Å². The molecule has 0 aromatic heterocycles. The van der Waals surface area contributed by atoms with E-state index >= 15 is 0 Å². The Kier molecular flexibility index (Phi) is 16.4. The van der Waals surface area contributed by atoms with Crippen molar-refractivity contribution < 1.29 is 51.1 Å². The number of carbonyl (C=O) groups excluding carboxylic acids is 7. The molecule has 7 amide bonds. The maximum atomic E-state index is 14.8. The van der Waals surface area contributed by atoms with Crippen molar-refractivity contribution in [2.24, 2.45) is 11.3 Å². The van der Waals surface area contributed by atoms with Crippen molar-refractivity contribution in [3.8, 4) is 0 Å². The normalized spacial score (nSPS) is 27.0. The monoisotopic (exact) mass is 931 g/mol. The Labute approximate surface area is 375 Å². The standard InChI is InChI=1S/C43H59Cl2F4N7O7/c1-24(2)19-30-39(61)54(5)34(21-26-20-27(44)13-14-29(26)45)40(62)55-18-10-12-32(55)35(57)50-17-9-6-11-31(36(58)52-30)53(4)38(60)25(3)51-37(59)33-22-28(46)23-56(33)41(63)42(43(47,48)49)15-7-8-16-42/h13-14,20,24-25,28,30-34H,6-12,15-19,21-23H2,1-5H3,(H,50,57)(H,51,59)(H,52,58)/t25-,28+,30-,31-,32+,33-,34-/m0/s1. The van der Waals surface area contributed by atoms with Gasteiger partial charge in [-0.1, -0.05) is 49.9 Å². The molecule has 1 saturated carbocycles. The molecule has 14 nitrogen and oxygen atoms in total. The molecule has 3 aliphatic heterocycles. The molecule has 3 saturated heterocycles. The zero-order valence-electron chi connectivity index (χ0n) is 36.4. The molecule has 5 rings (SSSR count). The Hall–Kier alpha value is -4.19. The summed E-state index contributed by atoms with van der Waals surface area (Å²) in [6.45, 7) is 4.77. The third-order valence-electron chi connectivity index (χ3n) is 13.0. The molecule has 0 unspecified atom stereocenters. The number of rotatable bonds is 9. The van der Waals surface area contributed by atoms with E-state index in [2.05, 4.69) is 16.0 Å². The van der Waals surface area contributed by atoms with Gasteiger partial charge in [0.25, 0.3) is 0 Å². The second kappa shape index (κ2) is 20.8. The van der Waals surface area contributed by atoms with Crippen molar-refractivity contribution in [3.63, 3.8) is 0 Å². The highest BCUT2D eigenvalue weighted by Crippen LogP contribution is 2.52. The highest BCUT2D eigenvalue weighted by Gasteiger charge is 2.63. The molecule has 0 radical (unpaired) electrons. The van der Waals surface area contributed by atoms with Gasteiger partial charge >= 0.3 is 6.18 Å². The largest absolute Gasteiger partial charge is 0.403 e. The molecule has 0 spiro atoms. The minimum Gasteiger partial charge on any atom is -0.354 e. The highest BCUT2D eigenvalue weighted by molar-refractivity contribution is 6.33. The topological polar surface area (TPSA) is 169 Å². The predicted molar refractivity (Wildman–Crippen MR) is 226 cm³/mol. The number of benzene rings is 1. The molecule has 7 atom stereocenters. The molecule has 4 fully saturated rings. The van der Waals surface area contributed by atoms with E-state index in [1.165, 1.54) is 30.8 Å². The number of halogens is 6. The Balaban J connectivity index is 1.39. The predicted octanol–water partition coefficient (Wildman–Crippen LogP) is 4.58. The quantitative estimate of drug-likeness (QED) is 0.305. The Bertz CT molecular complexity index is 1900. The van der Waals surface area contributed by atoms with Gasteiger partial charge in [0, 0.05) is 50.1 Å². The van der Waals surface area contributed by atoms with Gasteiger partial charge in [-0.25, -0.2) is 4.39 Å². The molecule has 350 valence electrons. The second-order valence-electron chi connectivity index (χ2n) is 17.9. The van der Waals surface area contributed by atoms with E-state index in [1.807, 2.05) is 13.8 Å². The van der Waals surface area contributed by atoms with Crippen LogP contribution in [0, 0.1) is 11.3 Å². The number of carbonyl (C=O) groups is 7. The molecule has 1 aromatic rings. The van der Waals surface area contributed by atoms with Gasteiger partial charge in [0.2, 0.25) is 41.4 Å². The van der Waals surface area contributed by atoms with Crippen molar-refractivity contribution in [2.45, 2.75) is 146 Å². The molecule has 20 heteroatoms. The summed E-state index contributed by atoms with van der Waals surface area (Å²) in [7, 11) is 2.77. The number of fused-ring (bicyclic) bond motifs is 1. The van der Waals surface area contributed by atoms with Gasteiger partial charge in [0.1, 0.15) is 47.8 Å². The van der Waals surface area contributed by atoms with E-state index in [1.54, 1.807) is 18.2 Å². The van der Waals surface area contributed by atoms with Crippen molar-refractivity contribution in [1.29, 1.82) is 0 Å². The van der Waals surface area contributed by atoms with Crippen LogP contribution in [0.4, 0.5) is 17.6 Å². The zero-order chi connectivity index (χ0) is 46.6. The van der Waals surface area contributed by atoms with Crippen molar-refractivity contribution >= 4 is 64.6 Å². The summed E-state index contributed by atoms with van der Waals surface area (Å²) in [5, 5.41) is 8.81. The number of hydrogen-bond acceptors (Lipinski definition) is 7. The summed E-state index contributed by atoms with van der Waals surface area (Å²) in [6, 6.07) is -2.58. The third-order valence-corrected chi connectivity index (χ3v) is 13.6. The smallest absolute Gasteiger partial charge is 0.354 e. The summed E-state index contributed by atoms with van der Waals surface area (Å²) in [6.07, 6.45) is -6.08. The molecule has 3 N–H and O–H groups in total. The minimum atomic E-state index is -4.91. The average molecular weight is 933 g/mol. The lowest BCUT2D eigenvalue weighted by Gasteiger charge is -2.37. The lowest BCUT2D eigenvalue weighted by atomic mass is 9.83. The maximum absolute atomic E-state index is 14.8. The number of likely N-dealkylation sites (N-methyl/N-ethyl adjacent to an activating group) is 2. The molecule has 0 bridgehead atoms. The Morgan fingerprint density at radius 3 is 2.30 bits per heavy atom. The van der Waals surface area contributed by atoms with Crippen LogP contribution in [0.5, 0.6) is 0 Å². The van der Waals surface area contributed by atoms with Gasteiger partial charge in [-0.3, -0.25) is 33.6 Å². The van der Waals surface area contributed by atoms with Gasteiger partial charge in [-0.2, -0.15) is 13.2 Å². The number of nitrogens with one attached hydrogen (secondary N) is 3. The zero-order valence-corrected chi connectivity index (χ0v) is 37.9. The molecule has 4 aliphatic rings.